The highest BCUT2D eigenvalue weighted by Crippen LogP contribution is 2.33. The SMILES string of the molecule is CNCC1CCN(S(=O)(=O)c2ccc(C3CCCCC3)cc2)CC1.Cl. The van der Waals surface area contributed by atoms with Gasteiger partial charge in [-0.05, 0) is 68.8 Å². The summed E-state index contributed by atoms with van der Waals surface area (Å²) in [6, 6.07) is 7.71. The van der Waals surface area contributed by atoms with Gasteiger partial charge < -0.3 is 5.32 Å². The summed E-state index contributed by atoms with van der Waals surface area (Å²) in [7, 11) is -1.38. The van der Waals surface area contributed by atoms with Crippen LogP contribution >= 0.6 is 12.4 Å². The second kappa shape index (κ2) is 9.36. The lowest BCUT2D eigenvalue weighted by atomic mass is 9.84. The van der Waals surface area contributed by atoms with E-state index in [1.54, 1.807) is 4.31 Å². The van der Waals surface area contributed by atoms with Crippen molar-refractivity contribution in [3.8, 4) is 0 Å². The van der Waals surface area contributed by atoms with Crippen LogP contribution in [0.25, 0.3) is 0 Å². The van der Waals surface area contributed by atoms with Crippen molar-refractivity contribution in [3.05, 3.63) is 29.8 Å². The van der Waals surface area contributed by atoms with Crippen LogP contribution in [-0.2, 0) is 10.0 Å². The molecule has 0 bridgehead atoms. The van der Waals surface area contributed by atoms with Crippen LogP contribution in [0, 0.1) is 5.92 Å². The Morgan fingerprint density at radius 1 is 1.00 bits per heavy atom. The maximum atomic E-state index is 12.8. The molecule has 0 aromatic heterocycles. The molecule has 0 radical (unpaired) electrons. The lowest BCUT2D eigenvalue weighted by molar-refractivity contribution is 0.270. The van der Waals surface area contributed by atoms with Crippen molar-refractivity contribution in [3.63, 3.8) is 0 Å². The topological polar surface area (TPSA) is 49.4 Å². The minimum absolute atomic E-state index is 0. The quantitative estimate of drug-likeness (QED) is 0.837. The van der Waals surface area contributed by atoms with Gasteiger partial charge in [0, 0.05) is 13.1 Å². The molecular formula is C19H31ClN2O2S. The highest BCUT2D eigenvalue weighted by atomic mass is 35.5. The monoisotopic (exact) mass is 386 g/mol. The van der Waals surface area contributed by atoms with E-state index >= 15 is 0 Å². The second-order valence-corrected chi connectivity index (χ2v) is 9.25. The fourth-order valence-corrected chi connectivity index (χ4v) is 5.61. The van der Waals surface area contributed by atoms with Crippen molar-refractivity contribution in [2.45, 2.75) is 55.8 Å². The molecule has 1 saturated heterocycles. The number of rotatable bonds is 5. The molecule has 142 valence electrons. The van der Waals surface area contributed by atoms with E-state index in [4.69, 9.17) is 0 Å². The van der Waals surface area contributed by atoms with Crippen molar-refractivity contribution in [1.82, 2.24) is 9.62 Å². The molecule has 1 saturated carbocycles. The molecule has 25 heavy (non-hydrogen) atoms. The number of hydrogen-bond donors (Lipinski definition) is 1. The molecule has 1 aromatic rings. The summed E-state index contributed by atoms with van der Waals surface area (Å²) in [5.74, 6) is 1.21. The Labute approximate surface area is 158 Å². The minimum atomic E-state index is -3.33. The number of halogens is 1. The molecular weight excluding hydrogens is 356 g/mol. The molecule has 2 fully saturated rings. The van der Waals surface area contributed by atoms with Gasteiger partial charge in [0.25, 0.3) is 0 Å². The van der Waals surface area contributed by atoms with E-state index in [9.17, 15) is 8.42 Å². The summed E-state index contributed by atoms with van der Waals surface area (Å²) in [6.45, 7) is 2.25. The normalized spacial score (nSPS) is 21.0. The molecule has 6 heteroatoms. The van der Waals surface area contributed by atoms with Crippen molar-refractivity contribution in [1.29, 1.82) is 0 Å². The van der Waals surface area contributed by atoms with Gasteiger partial charge in [0.05, 0.1) is 4.90 Å². The van der Waals surface area contributed by atoms with Gasteiger partial charge in [-0.25, -0.2) is 8.42 Å². The number of piperidine rings is 1. The van der Waals surface area contributed by atoms with Gasteiger partial charge in [-0.1, -0.05) is 31.4 Å². The molecule has 0 atom stereocenters. The predicted octanol–water partition coefficient (Wildman–Crippen LogP) is 3.78. The van der Waals surface area contributed by atoms with E-state index < -0.39 is 10.0 Å². The summed E-state index contributed by atoms with van der Waals surface area (Å²) in [5.41, 5.74) is 1.31. The number of benzene rings is 1. The van der Waals surface area contributed by atoms with Crippen molar-refractivity contribution in [2.75, 3.05) is 26.7 Å². The van der Waals surface area contributed by atoms with Gasteiger partial charge in [0.2, 0.25) is 10.0 Å². The Morgan fingerprint density at radius 2 is 1.60 bits per heavy atom. The van der Waals surface area contributed by atoms with Crippen LogP contribution in [0.15, 0.2) is 29.2 Å². The van der Waals surface area contributed by atoms with Crippen LogP contribution < -0.4 is 5.32 Å². The third kappa shape index (κ3) is 4.97. The van der Waals surface area contributed by atoms with Gasteiger partial charge in [-0.2, -0.15) is 4.31 Å². The van der Waals surface area contributed by atoms with Gasteiger partial charge >= 0.3 is 0 Å². The maximum Gasteiger partial charge on any atom is 0.243 e. The van der Waals surface area contributed by atoms with Gasteiger partial charge in [-0.3, -0.25) is 0 Å². The first-order chi connectivity index (χ1) is 11.6. The van der Waals surface area contributed by atoms with Gasteiger partial charge in [0.1, 0.15) is 0 Å². The lowest BCUT2D eigenvalue weighted by Crippen LogP contribution is -2.40. The number of hydrogen-bond acceptors (Lipinski definition) is 3. The summed E-state index contributed by atoms with van der Waals surface area (Å²) in [6.07, 6.45) is 8.31. The fourth-order valence-electron chi connectivity index (χ4n) is 4.14. The third-order valence-corrected chi connectivity index (χ3v) is 7.57. The number of nitrogens with one attached hydrogen (secondary N) is 1. The van der Waals surface area contributed by atoms with Crippen LogP contribution in [0.2, 0.25) is 0 Å². The molecule has 1 heterocycles. The van der Waals surface area contributed by atoms with Crippen molar-refractivity contribution >= 4 is 22.4 Å². The molecule has 1 aliphatic carbocycles. The average molecular weight is 387 g/mol. The Balaban J connectivity index is 0.00000225. The molecule has 4 nitrogen and oxygen atoms in total. The minimum Gasteiger partial charge on any atom is -0.319 e. The third-order valence-electron chi connectivity index (χ3n) is 5.66. The van der Waals surface area contributed by atoms with Gasteiger partial charge in [0.15, 0.2) is 0 Å². The Kier molecular flexibility index (Phi) is 7.74. The van der Waals surface area contributed by atoms with Crippen LogP contribution in [-0.4, -0.2) is 39.4 Å². The molecule has 1 N–H and O–H groups in total. The molecule has 1 aromatic carbocycles. The van der Waals surface area contributed by atoms with E-state index in [-0.39, 0.29) is 12.4 Å². The molecule has 0 amide bonds. The number of nitrogens with zero attached hydrogens (tertiary/aromatic N) is 1. The standard InChI is InChI=1S/C19H30N2O2S.ClH/c1-20-15-16-11-13-21(14-12-16)24(22,23)19-9-7-18(8-10-19)17-5-3-2-4-6-17;/h7-10,16-17,20H,2-6,11-15H2,1H3;1H. The van der Waals surface area contributed by atoms with E-state index in [1.807, 2.05) is 31.3 Å². The van der Waals surface area contributed by atoms with Crippen LogP contribution in [0.1, 0.15) is 56.4 Å². The zero-order valence-electron chi connectivity index (χ0n) is 15.1. The van der Waals surface area contributed by atoms with E-state index in [1.165, 1.54) is 37.7 Å². The van der Waals surface area contributed by atoms with Crippen LogP contribution in [0.3, 0.4) is 0 Å². The average Bonchev–Trinajstić information content (AvgIpc) is 2.63. The van der Waals surface area contributed by atoms with Crippen LogP contribution in [0.4, 0.5) is 0 Å². The first kappa shape index (κ1) is 20.7. The lowest BCUT2D eigenvalue weighted by Gasteiger charge is -2.31. The zero-order valence-corrected chi connectivity index (χ0v) is 16.7. The second-order valence-electron chi connectivity index (χ2n) is 7.31. The summed E-state index contributed by atoms with van der Waals surface area (Å²) < 4.78 is 27.4. The van der Waals surface area contributed by atoms with E-state index in [0.717, 1.165) is 19.4 Å². The zero-order chi connectivity index (χ0) is 17.0. The Hall–Kier alpha value is -0.620. The van der Waals surface area contributed by atoms with Crippen molar-refractivity contribution in [2.24, 2.45) is 5.92 Å². The van der Waals surface area contributed by atoms with Crippen LogP contribution in [0.5, 0.6) is 0 Å². The molecule has 1 aliphatic heterocycles. The summed E-state index contributed by atoms with van der Waals surface area (Å²) >= 11 is 0. The largest absolute Gasteiger partial charge is 0.319 e. The summed E-state index contributed by atoms with van der Waals surface area (Å²) in [4.78, 5) is 0.453. The maximum absolute atomic E-state index is 12.8. The smallest absolute Gasteiger partial charge is 0.243 e. The molecule has 0 spiro atoms. The summed E-state index contributed by atoms with van der Waals surface area (Å²) in [5, 5.41) is 3.19. The molecule has 0 unspecified atom stereocenters. The van der Waals surface area contributed by atoms with E-state index in [0.29, 0.717) is 29.8 Å². The Morgan fingerprint density at radius 3 is 2.16 bits per heavy atom. The van der Waals surface area contributed by atoms with Gasteiger partial charge in [-0.15, -0.1) is 12.4 Å². The first-order valence-corrected chi connectivity index (χ1v) is 10.8. The fraction of sp³-hybridized carbons (Fsp3) is 0.684. The predicted molar refractivity (Wildman–Crippen MR) is 105 cm³/mol. The Bertz CT molecular complexity index is 619. The molecule has 3 rings (SSSR count). The molecule has 2 aliphatic rings. The van der Waals surface area contributed by atoms with Crippen molar-refractivity contribution < 1.29 is 8.42 Å². The highest BCUT2D eigenvalue weighted by molar-refractivity contribution is 7.89. The number of sulfonamides is 1. The first-order valence-electron chi connectivity index (χ1n) is 9.36. The van der Waals surface area contributed by atoms with E-state index in [2.05, 4.69) is 5.32 Å². The highest BCUT2D eigenvalue weighted by Gasteiger charge is 2.29.